The van der Waals surface area contributed by atoms with Gasteiger partial charge in [-0.25, -0.2) is 4.98 Å². The number of aromatic nitrogens is 3. The van der Waals surface area contributed by atoms with Crippen molar-refractivity contribution >= 4 is 32.6 Å². The number of hydrogen-bond donors (Lipinski definition) is 0. The zero-order valence-electron chi connectivity index (χ0n) is 15.6. The van der Waals surface area contributed by atoms with Crippen LogP contribution in [0.2, 0.25) is 0 Å². The lowest BCUT2D eigenvalue weighted by atomic mass is 10.1. The van der Waals surface area contributed by atoms with Crippen molar-refractivity contribution in [1.29, 1.82) is 0 Å². The maximum atomic E-state index is 12.7. The maximum Gasteiger partial charge on any atom is 0.274 e. The van der Waals surface area contributed by atoms with Gasteiger partial charge in [0.2, 0.25) is 0 Å². The Morgan fingerprint density at radius 2 is 1.81 bits per heavy atom. The number of thiazole rings is 1. The molecular formula is C19H23N5OS. The third-order valence-corrected chi connectivity index (χ3v) is 6.13. The fraction of sp³-hybridized carbons (Fsp3) is 0.421. The van der Waals surface area contributed by atoms with Crippen molar-refractivity contribution in [3.8, 4) is 0 Å². The van der Waals surface area contributed by atoms with Crippen molar-refractivity contribution in [2.24, 2.45) is 7.05 Å². The zero-order valence-corrected chi connectivity index (χ0v) is 16.4. The van der Waals surface area contributed by atoms with E-state index in [1.807, 2.05) is 25.1 Å². The second-order valence-electron chi connectivity index (χ2n) is 7.04. The molecule has 0 atom stereocenters. The van der Waals surface area contributed by atoms with Gasteiger partial charge in [-0.1, -0.05) is 17.4 Å². The summed E-state index contributed by atoms with van der Waals surface area (Å²) in [7, 11) is 1.85. The normalized spacial score (nSPS) is 15.1. The van der Waals surface area contributed by atoms with E-state index >= 15 is 0 Å². The van der Waals surface area contributed by atoms with Crippen molar-refractivity contribution in [3.63, 3.8) is 0 Å². The first-order valence-corrected chi connectivity index (χ1v) is 9.66. The maximum absolute atomic E-state index is 12.7. The Balaban J connectivity index is 1.49. The second kappa shape index (κ2) is 6.39. The Kier molecular flexibility index (Phi) is 4.19. The molecule has 0 saturated carbocycles. The summed E-state index contributed by atoms with van der Waals surface area (Å²) in [6.45, 7) is 9.18. The summed E-state index contributed by atoms with van der Waals surface area (Å²) in [5.41, 5.74) is 5.09. The van der Waals surface area contributed by atoms with Gasteiger partial charge in [0.05, 0.1) is 10.2 Å². The van der Waals surface area contributed by atoms with Crippen LogP contribution in [0, 0.1) is 20.8 Å². The minimum absolute atomic E-state index is 0.0264. The van der Waals surface area contributed by atoms with Crippen molar-refractivity contribution in [2.75, 3.05) is 31.1 Å². The number of hydrogen-bond acceptors (Lipinski definition) is 5. The second-order valence-corrected chi connectivity index (χ2v) is 8.02. The highest BCUT2D eigenvalue weighted by Crippen LogP contribution is 2.32. The van der Waals surface area contributed by atoms with Gasteiger partial charge in [0.15, 0.2) is 10.8 Å². The van der Waals surface area contributed by atoms with Gasteiger partial charge in [-0.05, 0) is 38.0 Å². The molecule has 1 aliphatic heterocycles. The summed E-state index contributed by atoms with van der Waals surface area (Å²) in [5, 5.41) is 5.36. The Bertz CT molecular complexity index is 981. The number of rotatable bonds is 2. The van der Waals surface area contributed by atoms with Gasteiger partial charge in [-0.3, -0.25) is 9.48 Å². The molecule has 2 aromatic heterocycles. The summed E-state index contributed by atoms with van der Waals surface area (Å²) in [4.78, 5) is 21.7. The molecule has 1 amide bonds. The smallest absolute Gasteiger partial charge is 0.274 e. The Labute approximate surface area is 157 Å². The van der Waals surface area contributed by atoms with E-state index in [0.717, 1.165) is 29.3 Å². The molecule has 6 nitrogen and oxygen atoms in total. The molecule has 3 heterocycles. The van der Waals surface area contributed by atoms with Gasteiger partial charge in [0.25, 0.3) is 5.91 Å². The van der Waals surface area contributed by atoms with E-state index in [9.17, 15) is 4.79 Å². The van der Waals surface area contributed by atoms with Gasteiger partial charge in [0.1, 0.15) is 0 Å². The number of benzene rings is 1. The monoisotopic (exact) mass is 369 g/mol. The standard InChI is InChI=1S/C19H23N5OS/c1-12-9-13(2)17-15(10-12)20-19(26-17)24-7-5-23(6-8-24)18(25)16-14(3)11-22(4)21-16/h9-11H,5-8H2,1-4H3. The molecule has 0 radical (unpaired) electrons. The molecule has 26 heavy (non-hydrogen) atoms. The molecule has 0 N–H and O–H groups in total. The Morgan fingerprint density at radius 3 is 2.46 bits per heavy atom. The highest BCUT2D eigenvalue weighted by Gasteiger charge is 2.26. The van der Waals surface area contributed by atoms with Crippen LogP contribution in [-0.2, 0) is 7.05 Å². The number of anilines is 1. The third kappa shape index (κ3) is 2.96. The van der Waals surface area contributed by atoms with Gasteiger partial charge in [-0.15, -0.1) is 0 Å². The van der Waals surface area contributed by atoms with Crippen molar-refractivity contribution in [2.45, 2.75) is 20.8 Å². The molecule has 0 aliphatic carbocycles. The SMILES string of the molecule is Cc1cc(C)c2sc(N3CCN(C(=O)c4nn(C)cc4C)CC3)nc2c1. The molecule has 0 unspecified atom stereocenters. The molecule has 3 aromatic rings. The van der Waals surface area contributed by atoms with E-state index in [1.54, 1.807) is 16.0 Å². The van der Waals surface area contributed by atoms with Gasteiger partial charge < -0.3 is 9.80 Å². The van der Waals surface area contributed by atoms with Crippen LogP contribution in [0.5, 0.6) is 0 Å². The highest BCUT2D eigenvalue weighted by molar-refractivity contribution is 7.22. The number of amides is 1. The molecule has 1 saturated heterocycles. The average molecular weight is 369 g/mol. The van der Waals surface area contributed by atoms with Crippen LogP contribution in [0.15, 0.2) is 18.3 Å². The fourth-order valence-electron chi connectivity index (χ4n) is 3.57. The van der Waals surface area contributed by atoms with Crippen LogP contribution >= 0.6 is 11.3 Å². The molecule has 0 bridgehead atoms. The molecule has 1 aliphatic rings. The van der Waals surface area contributed by atoms with E-state index in [0.29, 0.717) is 18.8 Å². The Hall–Kier alpha value is -2.41. The predicted octanol–water partition coefficient (Wildman–Crippen LogP) is 2.92. The third-order valence-electron chi connectivity index (χ3n) is 4.86. The Morgan fingerprint density at radius 1 is 1.08 bits per heavy atom. The number of carbonyl (C=O) groups is 1. The van der Waals surface area contributed by atoms with E-state index in [4.69, 9.17) is 4.98 Å². The number of fused-ring (bicyclic) bond motifs is 1. The van der Waals surface area contributed by atoms with Crippen LogP contribution < -0.4 is 4.90 Å². The first-order valence-electron chi connectivity index (χ1n) is 8.84. The summed E-state index contributed by atoms with van der Waals surface area (Å²) in [5.74, 6) is 0.0264. The summed E-state index contributed by atoms with van der Waals surface area (Å²) in [6.07, 6.45) is 1.88. The molecule has 1 fully saturated rings. The first-order chi connectivity index (χ1) is 12.4. The minimum Gasteiger partial charge on any atom is -0.345 e. The van der Waals surface area contributed by atoms with Crippen molar-refractivity contribution in [3.05, 3.63) is 40.7 Å². The molecule has 1 aromatic carbocycles. The summed E-state index contributed by atoms with van der Waals surface area (Å²) in [6, 6.07) is 4.35. The van der Waals surface area contributed by atoms with E-state index in [-0.39, 0.29) is 5.91 Å². The fourth-order valence-corrected chi connectivity index (χ4v) is 4.64. The lowest BCUT2D eigenvalue weighted by molar-refractivity contribution is 0.0739. The molecule has 7 heteroatoms. The minimum atomic E-state index is 0.0264. The van der Waals surface area contributed by atoms with Gasteiger partial charge in [-0.2, -0.15) is 5.10 Å². The first kappa shape index (κ1) is 17.0. The molecule has 4 rings (SSSR count). The predicted molar refractivity (Wildman–Crippen MR) is 105 cm³/mol. The van der Waals surface area contributed by atoms with Crippen LogP contribution in [0.25, 0.3) is 10.2 Å². The molecular weight excluding hydrogens is 346 g/mol. The number of piperazine rings is 1. The van der Waals surface area contributed by atoms with E-state index < -0.39 is 0 Å². The van der Waals surface area contributed by atoms with E-state index in [1.165, 1.54) is 15.8 Å². The van der Waals surface area contributed by atoms with Crippen molar-refractivity contribution < 1.29 is 4.79 Å². The number of aryl methyl sites for hydroxylation is 4. The zero-order chi connectivity index (χ0) is 18.4. The lowest BCUT2D eigenvalue weighted by Crippen LogP contribution is -2.49. The molecule has 0 spiro atoms. The van der Waals surface area contributed by atoms with E-state index in [2.05, 4.69) is 36.0 Å². The van der Waals surface area contributed by atoms with Crippen LogP contribution in [0.3, 0.4) is 0 Å². The highest BCUT2D eigenvalue weighted by atomic mass is 32.1. The van der Waals surface area contributed by atoms with Crippen LogP contribution in [0.1, 0.15) is 27.2 Å². The van der Waals surface area contributed by atoms with Gasteiger partial charge >= 0.3 is 0 Å². The molecule has 136 valence electrons. The quantitative estimate of drug-likeness (QED) is 0.697. The summed E-state index contributed by atoms with van der Waals surface area (Å²) < 4.78 is 2.96. The van der Waals surface area contributed by atoms with Crippen molar-refractivity contribution in [1.82, 2.24) is 19.7 Å². The number of nitrogens with zero attached hydrogens (tertiary/aromatic N) is 5. The topological polar surface area (TPSA) is 54.3 Å². The lowest BCUT2D eigenvalue weighted by Gasteiger charge is -2.34. The number of carbonyl (C=O) groups excluding carboxylic acids is 1. The van der Waals surface area contributed by atoms with Gasteiger partial charge in [0, 0.05) is 45.0 Å². The average Bonchev–Trinajstić information content (AvgIpc) is 3.17. The van der Waals surface area contributed by atoms with Crippen LogP contribution in [0.4, 0.5) is 5.13 Å². The van der Waals surface area contributed by atoms with Crippen LogP contribution in [-0.4, -0.2) is 51.8 Å². The largest absolute Gasteiger partial charge is 0.345 e. The summed E-state index contributed by atoms with van der Waals surface area (Å²) >= 11 is 1.75.